The summed E-state index contributed by atoms with van der Waals surface area (Å²) in [5.41, 5.74) is 1.00. The molecule has 1 fully saturated rings. The highest BCUT2D eigenvalue weighted by Crippen LogP contribution is 2.27. The summed E-state index contributed by atoms with van der Waals surface area (Å²) in [4.78, 5) is 15.7. The molecule has 1 atom stereocenters. The van der Waals surface area contributed by atoms with E-state index in [1.807, 2.05) is 5.48 Å². The number of amidine groups is 1. The Balaban J connectivity index is 1.66. The van der Waals surface area contributed by atoms with Gasteiger partial charge in [-0.15, -0.1) is 0 Å². The van der Waals surface area contributed by atoms with Gasteiger partial charge in [0.05, 0.1) is 17.3 Å². The van der Waals surface area contributed by atoms with Crippen molar-refractivity contribution in [3.05, 3.63) is 35.3 Å². The highest BCUT2D eigenvalue weighted by molar-refractivity contribution is 7.99. The molecule has 1 amide bonds. The van der Waals surface area contributed by atoms with E-state index in [0.29, 0.717) is 12.3 Å². The molecule has 1 aliphatic rings. The molecule has 1 aromatic carbocycles. The number of carbonyl (C=O) groups excluding carboxylic acids is 1. The van der Waals surface area contributed by atoms with Crippen molar-refractivity contribution in [1.82, 2.24) is 26.4 Å². The largest absolute Gasteiger partial charge is 0.354 e. The van der Waals surface area contributed by atoms with Crippen LogP contribution in [0.1, 0.15) is 24.1 Å². The van der Waals surface area contributed by atoms with Crippen LogP contribution in [0.2, 0.25) is 0 Å². The van der Waals surface area contributed by atoms with Crippen molar-refractivity contribution in [1.29, 1.82) is 0 Å². The van der Waals surface area contributed by atoms with E-state index in [4.69, 9.17) is 0 Å². The highest BCUT2D eigenvalue weighted by Gasteiger charge is 2.24. The molecule has 0 spiro atoms. The number of thioether (sulfide) groups is 1. The molecule has 0 saturated carbocycles. The summed E-state index contributed by atoms with van der Waals surface area (Å²) >= 11 is 1.18. The lowest BCUT2D eigenvalue weighted by Crippen LogP contribution is -2.53. The smallest absolute Gasteiger partial charge is 0.266 e. The van der Waals surface area contributed by atoms with Crippen LogP contribution in [0.3, 0.4) is 0 Å². The summed E-state index contributed by atoms with van der Waals surface area (Å²) < 4.78 is 43.8. The summed E-state index contributed by atoms with van der Waals surface area (Å²) in [5, 5.41) is 22.7. The molecule has 1 saturated heterocycles. The minimum atomic E-state index is -3.01. The first-order valence-electron chi connectivity index (χ1n) is 8.52. The number of carbonyl (C=O) groups is 1. The van der Waals surface area contributed by atoms with E-state index >= 15 is 0 Å². The first kappa shape index (κ1) is 21.1. The summed E-state index contributed by atoms with van der Waals surface area (Å²) in [5.74, 6) is -0.926. The number of hydrogen-bond acceptors (Lipinski definition) is 8. The number of benzene rings is 1. The van der Waals surface area contributed by atoms with Crippen LogP contribution in [0, 0.1) is 5.82 Å². The highest BCUT2D eigenvalue weighted by atomic mass is 32.2. The third-order valence-electron chi connectivity index (χ3n) is 4.02. The fourth-order valence-corrected chi connectivity index (χ4v) is 3.16. The molecule has 2 aromatic rings. The predicted molar refractivity (Wildman–Crippen MR) is 96.9 cm³/mol. The van der Waals surface area contributed by atoms with Gasteiger partial charge in [-0.25, -0.2) is 22.8 Å². The molecular weight excluding hydrogens is 413 g/mol. The van der Waals surface area contributed by atoms with Crippen LogP contribution in [-0.4, -0.2) is 52.1 Å². The molecule has 2 heterocycles. The molecule has 13 heteroatoms. The maximum Gasteiger partial charge on any atom is 0.266 e. The second-order valence-electron chi connectivity index (χ2n) is 5.93. The molecule has 1 aromatic heterocycles. The molecular formula is C16H17F3N6O3S. The lowest BCUT2D eigenvalue weighted by atomic mass is 10.1. The van der Waals surface area contributed by atoms with Crippen molar-refractivity contribution in [3.63, 3.8) is 0 Å². The summed E-state index contributed by atoms with van der Waals surface area (Å²) in [6.07, 6.45) is -2.21. The van der Waals surface area contributed by atoms with Gasteiger partial charge in [0, 0.05) is 12.3 Å². The van der Waals surface area contributed by atoms with Crippen LogP contribution in [0.5, 0.6) is 0 Å². The van der Waals surface area contributed by atoms with E-state index < -0.39 is 17.8 Å². The molecule has 0 bridgehead atoms. The van der Waals surface area contributed by atoms with Crippen molar-refractivity contribution < 1.29 is 27.8 Å². The Bertz CT molecular complexity index is 891. The van der Waals surface area contributed by atoms with Crippen LogP contribution < -0.4 is 16.1 Å². The SMILES string of the molecule is O=C(NCCSc1nonc1C(=Nc1ccc(F)c(C(F)F)c1)NO)C1CCN1. The molecule has 4 N–H and O–H groups in total. The maximum atomic E-state index is 13.4. The van der Waals surface area contributed by atoms with Crippen molar-refractivity contribution >= 4 is 29.2 Å². The Morgan fingerprint density at radius 2 is 2.24 bits per heavy atom. The number of rotatable bonds is 8. The Hall–Kier alpha value is -2.64. The number of hydrogen-bond donors (Lipinski definition) is 4. The zero-order valence-corrected chi connectivity index (χ0v) is 15.7. The fraction of sp³-hybridized carbons (Fsp3) is 0.375. The Kier molecular flexibility index (Phi) is 7.06. The van der Waals surface area contributed by atoms with Crippen LogP contribution in [0.25, 0.3) is 0 Å². The van der Waals surface area contributed by atoms with Crippen LogP contribution >= 0.6 is 11.8 Å². The zero-order chi connectivity index (χ0) is 20.8. The quantitative estimate of drug-likeness (QED) is 0.164. The number of nitrogens with one attached hydrogen (secondary N) is 3. The van der Waals surface area contributed by atoms with E-state index in [2.05, 4.69) is 30.6 Å². The molecule has 1 aliphatic heterocycles. The van der Waals surface area contributed by atoms with Gasteiger partial charge in [-0.2, -0.15) is 0 Å². The lowest BCUT2D eigenvalue weighted by Gasteiger charge is -2.26. The molecule has 0 aliphatic carbocycles. The molecule has 9 nitrogen and oxygen atoms in total. The number of aliphatic imine (C=N–C) groups is 1. The zero-order valence-electron chi connectivity index (χ0n) is 14.9. The Labute approximate surface area is 167 Å². The van der Waals surface area contributed by atoms with Crippen molar-refractivity contribution in [3.8, 4) is 0 Å². The maximum absolute atomic E-state index is 13.4. The van der Waals surface area contributed by atoms with Crippen molar-refractivity contribution in [2.24, 2.45) is 4.99 Å². The predicted octanol–water partition coefficient (Wildman–Crippen LogP) is 1.77. The average Bonchev–Trinajstić information content (AvgIpc) is 3.11. The molecule has 3 rings (SSSR count). The first-order valence-corrected chi connectivity index (χ1v) is 9.51. The first-order chi connectivity index (χ1) is 14.0. The Morgan fingerprint density at radius 3 is 2.90 bits per heavy atom. The molecule has 0 radical (unpaired) electrons. The normalized spacial score (nSPS) is 16.6. The van der Waals surface area contributed by atoms with E-state index in [-0.39, 0.29) is 34.2 Å². The summed E-state index contributed by atoms with van der Waals surface area (Å²) in [6.45, 7) is 1.19. The minimum absolute atomic E-state index is 0.0301. The van der Waals surface area contributed by atoms with Gasteiger partial charge in [0.15, 0.2) is 16.6 Å². The van der Waals surface area contributed by atoms with Gasteiger partial charge in [0.25, 0.3) is 6.43 Å². The number of aromatic nitrogens is 2. The lowest BCUT2D eigenvalue weighted by molar-refractivity contribution is -0.124. The van der Waals surface area contributed by atoms with E-state index in [0.717, 1.165) is 25.1 Å². The van der Waals surface area contributed by atoms with E-state index in [9.17, 15) is 23.2 Å². The number of halogens is 3. The number of nitrogens with zero attached hydrogens (tertiary/aromatic N) is 3. The fourth-order valence-electron chi connectivity index (χ4n) is 2.41. The summed E-state index contributed by atoms with van der Waals surface area (Å²) in [7, 11) is 0. The van der Waals surface area contributed by atoms with Gasteiger partial charge in [-0.1, -0.05) is 11.8 Å². The minimum Gasteiger partial charge on any atom is -0.354 e. The summed E-state index contributed by atoms with van der Waals surface area (Å²) in [6, 6.07) is 2.73. The second kappa shape index (κ2) is 9.71. The number of hydroxylamine groups is 1. The van der Waals surface area contributed by atoms with Gasteiger partial charge < -0.3 is 10.6 Å². The van der Waals surface area contributed by atoms with Crippen LogP contribution in [0.4, 0.5) is 18.9 Å². The monoisotopic (exact) mass is 430 g/mol. The third kappa shape index (κ3) is 5.25. The number of amides is 1. The third-order valence-corrected chi connectivity index (χ3v) is 4.97. The van der Waals surface area contributed by atoms with Gasteiger partial charge >= 0.3 is 0 Å². The topological polar surface area (TPSA) is 125 Å². The van der Waals surface area contributed by atoms with E-state index in [1.165, 1.54) is 17.8 Å². The molecule has 29 heavy (non-hydrogen) atoms. The van der Waals surface area contributed by atoms with Crippen LogP contribution in [0.15, 0.2) is 32.8 Å². The van der Waals surface area contributed by atoms with Crippen molar-refractivity contribution in [2.75, 3.05) is 18.8 Å². The van der Waals surface area contributed by atoms with Gasteiger partial charge in [0.2, 0.25) is 5.91 Å². The van der Waals surface area contributed by atoms with Crippen LogP contribution in [-0.2, 0) is 4.79 Å². The van der Waals surface area contributed by atoms with Gasteiger partial charge in [0.1, 0.15) is 5.82 Å². The average molecular weight is 430 g/mol. The van der Waals surface area contributed by atoms with Crippen molar-refractivity contribution in [2.45, 2.75) is 23.9 Å². The van der Waals surface area contributed by atoms with Gasteiger partial charge in [-0.05, 0) is 41.5 Å². The molecule has 1 unspecified atom stereocenters. The number of alkyl halides is 2. The standard InChI is InChI=1S/C16H17F3N6O3S/c17-10-2-1-8(7-9(10)13(18)19)22-14(23-27)12-16(25-28-24-12)29-6-5-21-15(26)11-3-4-20-11/h1-2,7,11,13,20,27H,3-6H2,(H,21,26)(H,22,23). The Morgan fingerprint density at radius 1 is 1.45 bits per heavy atom. The molecule has 156 valence electrons. The van der Waals surface area contributed by atoms with E-state index in [1.54, 1.807) is 0 Å². The van der Waals surface area contributed by atoms with Gasteiger partial charge in [-0.3, -0.25) is 15.5 Å². The second-order valence-corrected chi connectivity index (χ2v) is 7.02.